The molecule has 2 heterocycles. The average molecular weight is 295 g/mol. The van der Waals surface area contributed by atoms with Gasteiger partial charge in [0.2, 0.25) is 0 Å². The SMILES string of the molecule is Cl.FC(F)(F)c1ccncc1OCC1C2CNCC21. The Morgan fingerprint density at radius 3 is 2.63 bits per heavy atom. The maximum atomic E-state index is 12.7. The molecule has 1 saturated heterocycles. The summed E-state index contributed by atoms with van der Waals surface area (Å²) in [6, 6.07) is 0.949. The summed E-state index contributed by atoms with van der Waals surface area (Å²) in [5.74, 6) is 1.39. The molecule has 3 nitrogen and oxygen atoms in total. The number of nitrogens with zero attached hydrogens (tertiary/aromatic N) is 1. The second-order valence-corrected chi connectivity index (χ2v) is 4.83. The van der Waals surface area contributed by atoms with E-state index in [-0.39, 0.29) is 18.2 Å². The van der Waals surface area contributed by atoms with Crippen LogP contribution in [0.5, 0.6) is 5.75 Å². The molecule has 0 bridgehead atoms. The fourth-order valence-corrected chi connectivity index (χ4v) is 2.71. The highest BCUT2D eigenvalue weighted by Crippen LogP contribution is 2.49. The highest BCUT2D eigenvalue weighted by molar-refractivity contribution is 5.85. The molecule has 1 saturated carbocycles. The largest absolute Gasteiger partial charge is 0.491 e. The van der Waals surface area contributed by atoms with Crippen LogP contribution in [0.4, 0.5) is 13.2 Å². The van der Waals surface area contributed by atoms with E-state index in [2.05, 4.69) is 10.3 Å². The molecule has 19 heavy (non-hydrogen) atoms. The molecule has 2 fully saturated rings. The first-order valence-electron chi connectivity index (χ1n) is 5.92. The van der Waals surface area contributed by atoms with Crippen molar-refractivity contribution in [2.24, 2.45) is 17.8 Å². The summed E-state index contributed by atoms with van der Waals surface area (Å²) in [6.07, 6.45) is -2.12. The van der Waals surface area contributed by atoms with Crippen LogP contribution >= 0.6 is 12.4 Å². The van der Waals surface area contributed by atoms with E-state index in [1.807, 2.05) is 0 Å². The van der Waals surface area contributed by atoms with Crippen molar-refractivity contribution in [1.29, 1.82) is 0 Å². The van der Waals surface area contributed by atoms with Crippen molar-refractivity contribution < 1.29 is 17.9 Å². The Morgan fingerprint density at radius 2 is 2.00 bits per heavy atom. The molecular formula is C12H14ClF3N2O. The van der Waals surface area contributed by atoms with Gasteiger partial charge in [0.05, 0.1) is 12.8 Å². The van der Waals surface area contributed by atoms with Crippen LogP contribution in [0, 0.1) is 17.8 Å². The van der Waals surface area contributed by atoms with Crippen LogP contribution in [0.1, 0.15) is 5.56 Å². The smallest absolute Gasteiger partial charge is 0.420 e. The number of hydrogen-bond donors (Lipinski definition) is 1. The van der Waals surface area contributed by atoms with Gasteiger partial charge in [-0.05, 0) is 31.0 Å². The number of rotatable bonds is 3. The third-order valence-corrected chi connectivity index (χ3v) is 3.79. The normalized spacial score (nSPS) is 28.5. The Bertz CT molecular complexity index is 445. The Hall–Kier alpha value is -1.01. The molecule has 1 aromatic heterocycles. The van der Waals surface area contributed by atoms with Gasteiger partial charge in [0, 0.05) is 12.1 Å². The first kappa shape index (κ1) is 14.4. The first-order chi connectivity index (χ1) is 8.57. The number of aromatic nitrogens is 1. The van der Waals surface area contributed by atoms with Crippen LogP contribution < -0.4 is 10.1 Å². The zero-order valence-corrected chi connectivity index (χ0v) is 10.8. The van der Waals surface area contributed by atoms with Gasteiger partial charge in [0.15, 0.2) is 0 Å². The highest BCUT2D eigenvalue weighted by atomic mass is 35.5. The second-order valence-electron chi connectivity index (χ2n) is 4.83. The van der Waals surface area contributed by atoms with Crippen molar-refractivity contribution in [3.8, 4) is 5.75 Å². The van der Waals surface area contributed by atoms with Gasteiger partial charge in [-0.1, -0.05) is 0 Å². The van der Waals surface area contributed by atoms with Crippen LogP contribution in [0.25, 0.3) is 0 Å². The summed E-state index contributed by atoms with van der Waals surface area (Å²) in [7, 11) is 0. The van der Waals surface area contributed by atoms with Crippen molar-refractivity contribution in [2.75, 3.05) is 19.7 Å². The number of hydrogen-bond acceptors (Lipinski definition) is 3. The molecular weight excluding hydrogens is 281 g/mol. The minimum Gasteiger partial charge on any atom is -0.491 e. The third-order valence-electron chi connectivity index (χ3n) is 3.79. The van der Waals surface area contributed by atoms with Crippen LogP contribution in [0.2, 0.25) is 0 Å². The number of halogens is 4. The van der Waals surface area contributed by atoms with Gasteiger partial charge < -0.3 is 10.1 Å². The topological polar surface area (TPSA) is 34.1 Å². The van der Waals surface area contributed by atoms with Crippen molar-refractivity contribution in [1.82, 2.24) is 10.3 Å². The molecule has 0 amide bonds. The lowest BCUT2D eigenvalue weighted by Gasteiger charge is -2.13. The summed E-state index contributed by atoms with van der Waals surface area (Å²) in [6.45, 7) is 2.27. The molecule has 1 N–H and O–H groups in total. The quantitative estimate of drug-likeness (QED) is 0.929. The number of ether oxygens (including phenoxy) is 1. The van der Waals surface area contributed by atoms with Gasteiger partial charge in [0.25, 0.3) is 0 Å². The molecule has 1 aliphatic carbocycles. The van der Waals surface area contributed by atoms with E-state index in [9.17, 15) is 13.2 Å². The van der Waals surface area contributed by atoms with Crippen LogP contribution in [0.15, 0.2) is 18.5 Å². The maximum Gasteiger partial charge on any atom is 0.420 e. The molecule has 0 aromatic carbocycles. The summed E-state index contributed by atoms with van der Waals surface area (Å²) in [5, 5.41) is 3.24. The zero-order chi connectivity index (χ0) is 12.8. The van der Waals surface area contributed by atoms with Gasteiger partial charge in [-0.15, -0.1) is 12.4 Å². The zero-order valence-electron chi connectivity index (χ0n) is 9.98. The summed E-state index contributed by atoms with van der Waals surface area (Å²) >= 11 is 0. The van der Waals surface area contributed by atoms with Crippen LogP contribution in [-0.2, 0) is 6.18 Å². The van der Waals surface area contributed by atoms with Crippen molar-refractivity contribution in [2.45, 2.75) is 6.18 Å². The average Bonchev–Trinajstić information content (AvgIpc) is 2.77. The number of fused-ring (bicyclic) bond motifs is 1. The highest BCUT2D eigenvalue weighted by Gasteiger charge is 2.53. The number of alkyl halides is 3. The van der Waals surface area contributed by atoms with E-state index in [1.165, 1.54) is 0 Å². The molecule has 3 rings (SSSR count). The predicted molar refractivity (Wildman–Crippen MR) is 65.3 cm³/mol. The third kappa shape index (κ3) is 2.79. The first-order valence-corrected chi connectivity index (χ1v) is 5.92. The van der Waals surface area contributed by atoms with Crippen molar-refractivity contribution in [3.05, 3.63) is 24.0 Å². The Labute approximate surface area is 115 Å². The van der Waals surface area contributed by atoms with Crippen LogP contribution in [0.3, 0.4) is 0 Å². The fourth-order valence-electron chi connectivity index (χ4n) is 2.71. The molecule has 2 atom stereocenters. The van der Waals surface area contributed by atoms with E-state index < -0.39 is 11.7 Å². The Balaban J connectivity index is 0.00000133. The van der Waals surface area contributed by atoms with Crippen molar-refractivity contribution >= 4 is 12.4 Å². The molecule has 1 aromatic rings. The predicted octanol–water partition coefficient (Wildman–Crippen LogP) is 2.37. The van der Waals surface area contributed by atoms with E-state index in [1.54, 1.807) is 0 Å². The lowest BCUT2D eigenvalue weighted by atomic mass is 10.2. The molecule has 2 aliphatic rings. The fraction of sp³-hybridized carbons (Fsp3) is 0.583. The molecule has 106 valence electrons. The Kier molecular flexibility index (Phi) is 3.92. The summed E-state index contributed by atoms with van der Waals surface area (Å²) in [4.78, 5) is 3.69. The monoisotopic (exact) mass is 294 g/mol. The van der Waals surface area contributed by atoms with Gasteiger partial charge in [-0.3, -0.25) is 4.98 Å². The number of pyridine rings is 1. The summed E-state index contributed by atoms with van der Waals surface area (Å²) < 4.78 is 43.4. The van der Waals surface area contributed by atoms with E-state index in [0.717, 1.165) is 31.5 Å². The molecule has 2 unspecified atom stereocenters. The second kappa shape index (κ2) is 5.17. The lowest BCUT2D eigenvalue weighted by Crippen LogP contribution is -2.18. The van der Waals surface area contributed by atoms with E-state index in [0.29, 0.717) is 24.4 Å². The van der Waals surface area contributed by atoms with E-state index >= 15 is 0 Å². The minimum absolute atomic E-state index is 0. The van der Waals surface area contributed by atoms with Gasteiger partial charge >= 0.3 is 6.18 Å². The molecule has 7 heteroatoms. The van der Waals surface area contributed by atoms with E-state index in [4.69, 9.17) is 4.74 Å². The standard InChI is InChI=1S/C12H13F3N2O.ClH/c13-12(14,15)10-1-2-16-5-11(10)18-6-9-7-3-17-4-8(7)9;/h1-2,5,7-9,17H,3-4,6H2;1H. The number of nitrogens with one attached hydrogen (secondary N) is 1. The van der Waals surface area contributed by atoms with Gasteiger partial charge in [-0.2, -0.15) is 13.2 Å². The van der Waals surface area contributed by atoms with Crippen molar-refractivity contribution in [3.63, 3.8) is 0 Å². The maximum absolute atomic E-state index is 12.7. The van der Waals surface area contributed by atoms with Crippen LogP contribution in [-0.4, -0.2) is 24.7 Å². The lowest BCUT2D eigenvalue weighted by molar-refractivity contribution is -0.139. The van der Waals surface area contributed by atoms with Gasteiger partial charge in [-0.25, -0.2) is 0 Å². The molecule has 0 radical (unpaired) electrons. The molecule has 0 spiro atoms. The molecule has 1 aliphatic heterocycles. The Morgan fingerprint density at radius 1 is 1.32 bits per heavy atom. The van der Waals surface area contributed by atoms with Gasteiger partial charge in [0.1, 0.15) is 11.3 Å². The summed E-state index contributed by atoms with van der Waals surface area (Å²) in [5.41, 5.74) is -0.749. The number of piperidine rings is 1. The minimum atomic E-state index is -4.39.